The Balaban J connectivity index is 2.35. The molecule has 1 N–H and O–H groups in total. The Morgan fingerprint density at radius 2 is 1.79 bits per heavy atom. The Morgan fingerprint density at radius 3 is 2.79 bits per heavy atom. The number of hydrogen-bond acceptors (Lipinski definition) is 2. The predicted octanol–water partition coefficient (Wildman–Crippen LogP) is 2.67. The van der Waals surface area contributed by atoms with Gasteiger partial charge in [-0.1, -0.05) is 42.5 Å². The molecule has 1 aliphatic heterocycles. The molecule has 0 saturated carbocycles. The van der Waals surface area contributed by atoms with Crippen LogP contribution in [0.15, 0.2) is 54.8 Å². The van der Waals surface area contributed by atoms with Crippen LogP contribution in [0.1, 0.15) is 5.56 Å². The van der Waals surface area contributed by atoms with E-state index in [0.717, 1.165) is 11.3 Å². The Hall–Kier alpha value is -1.96. The van der Waals surface area contributed by atoms with Gasteiger partial charge in [-0.15, -0.1) is 0 Å². The van der Waals surface area contributed by atoms with E-state index in [0.29, 0.717) is 0 Å². The molecule has 0 bridgehead atoms. The molecule has 0 unspecified atom stereocenters. The molecule has 2 nitrogen and oxygen atoms in total. The van der Waals surface area contributed by atoms with Gasteiger partial charge in [0.1, 0.15) is 0 Å². The van der Waals surface area contributed by atoms with Crippen LogP contribution in [-0.2, 0) is 0 Å². The van der Waals surface area contributed by atoms with Crippen molar-refractivity contribution >= 4 is 6.08 Å². The molecule has 2 heteroatoms. The molecule has 0 amide bonds. The van der Waals surface area contributed by atoms with E-state index < -0.39 is 0 Å². The summed E-state index contributed by atoms with van der Waals surface area (Å²) in [5.41, 5.74) is 3.80. The van der Waals surface area contributed by atoms with Gasteiger partial charge in [-0.2, -0.15) is 0 Å². The van der Waals surface area contributed by atoms with E-state index in [1.807, 2.05) is 54.6 Å². The standard InChI is InChI=1S/C12H11NO/c1-2-6-10-13-14-12-9-5-4-8-11(12)7-3-1/h1-10,13H. The smallest absolute Gasteiger partial charge is 0.162 e. The van der Waals surface area contributed by atoms with Gasteiger partial charge in [0.25, 0.3) is 0 Å². The van der Waals surface area contributed by atoms with E-state index in [1.165, 1.54) is 0 Å². The van der Waals surface area contributed by atoms with Crippen LogP contribution in [0.3, 0.4) is 0 Å². The van der Waals surface area contributed by atoms with Crippen LogP contribution in [0.4, 0.5) is 0 Å². The van der Waals surface area contributed by atoms with Crippen molar-refractivity contribution in [3.63, 3.8) is 0 Å². The number of hydroxylamine groups is 1. The van der Waals surface area contributed by atoms with Crippen LogP contribution < -0.4 is 10.3 Å². The first-order valence-corrected chi connectivity index (χ1v) is 4.48. The highest BCUT2D eigenvalue weighted by Crippen LogP contribution is 2.18. The summed E-state index contributed by atoms with van der Waals surface area (Å²) in [6.45, 7) is 0. The molecule has 0 aromatic heterocycles. The van der Waals surface area contributed by atoms with E-state index in [4.69, 9.17) is 4.84 Å². The van der Waals surface area contributed by atoms with Crippen molar-refractivity contribution in [2.45, 2.75) is 0 Å². The molecule has 1 aromatic rings. The number of para-hydroxylation sites is 1. The van der Waals surface area contributed by atoms with Crippen molar-refractivity contribution in [3.05, 3.63) is 60.3 Å². The Morgan fingerprint density at radius 1 is 0.929 bits per heavy atom. The zero-order valence-electron chi connectivity index (χ0n) is 7.68. The first kappa shape index (κ1) is 8.63. The molecule has 70 valence electrons. The van der Waals surface area contributed by atoms with E-state index >= 15 is 0 Å². The molecule has 0 aliphatic carbocycles. The van der Waals surface area contributed by atoms with Gasteiger partial charge < -0.3 is 4.84 Å². The minimum Gasteiger partial charge on any atom is -0.382 e. The minimum atomic E-state index is 0.823. The van der Waals surface area contributed by atoms with E-state index in [-0.39, 0.29) is 0 Å². The lowest BCUT2D eigenvalue weighted by Crippen LogP contribution is -2.10. The van der Waals surface area contributed by atoms with Gasteiger partial charge in [-0.3, -0.25) is 0 Å². The fourth-order valence-electron chi connectivity index (χ4n) is 1.19. The number of hydrogen-bond donors (Lipinski definition) is 1. The van der Waals surface area contributed by atoms with Gasteiger partial charge in [0.2, 0.25) is 0 Å². The Kier molecular flexibility index (Phi) is 2.67. The summed E-state index contributed by atoms with van der Waals surface area (Å²) in [6.07, 6.45) is 11.5. The zero-order valence-corrected chi connectivity index (χ0v) is 7.68. The lowest BCUT2D eigenvalue weighted by Gasteiger charge is -2.07. The maximum Gasteiger partial charge on any atom is 0.162 e. The van der Waals surface area contributed by atoms with Crippen molar-refractivity contribution in [1.29, 1.82) is 0 Å². The van der Waals surface area contributed by atoms with Crippen LogP contribution in [0.5, 0.6) is 5.75 Å². The maximum absolute atomic E-state index is 5.34. The zero-order chi connectivity index (χ0) is 9.64. The number of nitrogens with one attached hydrogen (secondary N) is 1. The first-order valence-electron chi connectivity index (χ1n) is 4.48. The van der Waals surface area contributed by atoms with Gasteiger partial charge in [-0.05, 0) is 12.1 Å². The summed E-state index contributed by atoms with van der Waals surface area (Å²) >= 11 is 0. The van der Waals surface area contributed by atoms with Gasteiger partial charge >= 0.3 is 0 Å². The highest BCUT2D eigenvalue weighted by atomic mass is 16.6. The summed E-state index contributed by atoms with van der Waals surface area (Å²) < 4.78 is 0. The largest absolute Gasteiger partial charge is 0.382 e. The number of rotatable bonds is 0. The molecular formula is C12H11NO. The van der Waals surface area contributed by atoms with E-state index in [1.54, 1.807) is 6.20 Å². The molecule has 0 spiro atoms. The lowest BCUT2D eigenvalue weighted by atomic mass is 10.2. The van der Waals surface area contributed by atoms with Crippen molar-refractivity contribution in [2.24, 2.45) is 0 Å². The monoisotopic (exact) mass is 185 g/mol. The third-order valence-corrected chi connectivity index (χ3v) is 1.86. The molecule has 1 heterocycles. The van der Waals surface area contributed by atoms with Crippen LogP contribution in [0, 0.1) is 0 Å². The topological polar surface area (TPSA) is 21.3 Å². The average molecular weight is 185 g/mol. The van der Waals surface area contributed by atoms with Crippen molar-refractivity contribution in [1.82, 2.24) is 5.48 Å². The Labute approximate surface area is 83.2 Å². The summed E-state index contributed by atoms with van der Waals surface area (Å²) in [4.78, 5) is 5.34. The molecule has 0 atom stereocenters. The van der Waals surface area contributed by atoms with E-state index in [9.17, 15) is 0 Å². The molecule has 1 aliphatic rings. The molecule has 2 rings (SSSR count). The normalized spacial score (nSPS) is 14.0. The highest BCUT2D eigenvalue weighted by Gasteiger charge is 1.98. The van der Waals surface area contributed by atoms with Gasteiger partial charge in [0.05, 0.1) is 0 Å². The van der Waals surface area contributed by atoms with Crippen LogP contribution >= 0.6 is 0 Å². The lowest BCUT2D eigenvalue weighted by molar-refractivity contribution is 0.242. The summed E-state index contributed by atoms with van der Waals surface area (Å²) in [6, 6.07) is 7.86. The van der Waals surface area contributed by atoms with Gasteiger partial charge in [0, 0.05) is 11.8 Å². The SMILES string of the molecule is C1=CC=Cc2ccccc2ONC=C1. The van der Waals surface area contributed by atoms with Crippen molar-refractivity contribution in [3.8, 4) is 5.75 Å². The number of allylic oxidation sites excluding steroid dienone is 4. The summed E-state index contributed by atoms with van der Waals surface area (Å²) in [5.74, 6) is 0.823. The quantitative estimate of drug-likeness (QED) is 0.671. The third-order valence-electron chi connectivity index (χ3n) is 1.86. The molecule has 1 aromatic carbocycles. The van der Waals surface area contributed by atoms with Gasteiger partial charge in [0.15, 0.2) is 5.75 Å². The fraction of sp³-hybridized carbons (Fsp3) is 0. The maximum atomic E-state index is 5.34. The van der Waals surface area contributed by atoms with Crippen molar-refractivity contribution < 1.29 is 4.84 Å². The first-order chi connectivity index (χ1) is 6.97. The van der Waals surface area contributed by atoms with Crippen LogP contribution in [-0.4, -0.2) is 0 Å². The summed E-state index contributed by atoms with van der Waals surface area (Å²) in [7, 11) is 0. The number of benzene rings is 1. The second kappa shape index (κ2) is 4.33. The number of fused-ring (bicyclic) bond motifs is 1. The fourth-order valence-corrected chi connectivity index (χ4v) is 1.19. The predicted molar refractivity (Wildman–Crippen MR) is 57.5 cm³/mol. The molecule has 14 heavy (non-hydrogen) atoms. The molecule has 0 saturated heterocycles. The molecule has 0 radical (unpaired) electrons. The van der Waals surface area contributed by atoms with E-state index in [2.05, 4.69) is 5.48 Å². The molecular weight excluding hydrogens is 174 g/mol. The highest BCUT2D eigenvalue weighted by molar-refractivity contribution is 5.58. The molecule has 0 fully saturated rings. The van der Waals surface area contributed by atoms with Crippen molar-refractivity contribution in [2.75, 3.05) is 0 Å². The Bertz CT molecular complexity index is 391. The van der Waals surface area contributed by atoms with Crippen LogP contribution in [0.25, 0.3) is 6.08 Å². The summed E-state index contributed by atoms with van der Waals surface area (Å²) in [5, 5.41) is 0. The van der Waals surface area contributed by atoms with Gasteiger partial charge in [-0.25, -0.2) is 5.48 Å². The van der Waals surface area contributed by atoms with Crippen LogP contribution in [0.2, 0.25) is 0 Å². The third kappa shape index (κ3) is 2.04. The average Bonchev–Trinajstić information content (AvgIpc) is 2.25. The second-order valence-corrected chi connectivity index (χ2v) is 2.86. The second-order valence-electron chi connectivity index (χ2n) is 2.86. The minimum absolute atomic E-state index is 0.823.